The molecular weight excluding hydrogens is 275 g/mol. The fourth-order valence-corrected chi connectivity index (χ4v) is 1.75. The second-order valence-corrected chi connectivity index (χ2v) is 4.35. The number of benzene rings is 2. The number of hydrogen-bond donors (Lipinski definition) is 3. The number of phenols is 1. The third-order valence-corrected chi connectivity index (χ3v) is 2.68. The van der Waals surface area contributed by atoms with Gasteiger partial charge in [-0.25, -0.2) is 4.39 Å². The van der Waals surface area contributed by atoms with Gasteiger partial charge in [-0.3, -0.25) is 9.59 Å². The molecule has 21 heavy (non-hydrogen) atoms. The second kappa shape index (κ2) is 6.04. The molecule has 5 nitrogen and oxygen atoms in total. The zero-order valence-corrected chi connectivity index (χ0v) is 11.2. The lowest BCUT2D eigenvalue weighted by Crippen LogP contribution is -2.13. The normalized spacial score (nSPS) is 10.0. The summed E-state index contributed by atoms with van der Waals surface area (Å²) in [5, 5.41) is 14.4. The van der Waals surface area contributed by atoms with E-state index >= 15 is 0 Å². The predicted molar refractivity (Wildman–Crippen MR) is 76.8 cm³/mol. The fraction of sp³-hybridized carbons (Fsp3) is 0.0667. The first-order valence-electron chi connectivity index (χ1n) is 6.14. The Bertz CT molecular complexity index is 701. The molecule has 3 N–H and O–H groups in total. The molecule has 0 aliphatic carbocycles. The van der Waals surface area contributed by atoms with E-state index in [9.17, 15) is 19.1 Å². The summed E-state index contributed by atoms with van der Waals surface area (Å²) in [6.07, 6.45) is 0. The van der Waals surface area contributed by atoms with Crippen LogP contribution in [0.4, 0.5) is 15.8 Å². The largest absolute Gasteiger partial charge is 0.507 e. The maximum absolute atomic E-state index is 13.5. The molecule has 2 amide bonds. The third kappa shape index (κ3) is 3.56. The van der Waals surface area contributed by atoms with Crippen molar-refractivity contribution in [1.82, 2.24) is 0 Å². The maximum atomic E-state index is 13.5. The first kappa shape index (κ1) is 14.5. The van der Waals surface area contributed by atoms with Gasteiger partial charge >= 0.3 is 0 Å². The van der Waals surface area contributed by atoms with Crippen molar-refractivity contribution in [2.75, 3.05) is 10.6 Å². The molecule has 0 saturated carbocycles. The summed E-state index contributed by atoms with van der Waals surface area (Å²) < 4.78 is 13.5. The Kier molecular flexibility index (Phi) is 4.18. The van der Waals surface area contributed by atoms with Gasteiger partial charge in [0.05, 0.1) is 11.3 Å². The van der Waals surface area contributed by atoms with Gasteiger partial charge in [0.25, 0.3) is 5.91 Å². The summed E-state index contributed by atoms with van der Waals surface area (Å²) in [6.45, 7) is 1.26. The predicted octanol–water partition coefficient (Wildman–Crippen LogP) is 2.74. The van der Waals surface area contributed by atoms with E-state index in [0.717, 1.165) is 6.07 Å². The molecular formula is C15H13FN2O3. The number of anilines is 2. The molecule has 0 bridgehead atoms. The molecule has 0 heterocycles. The quantitative estimate of drug-likeness (QED) is 0.812. The Morgan fingerprint density at radius 3 is 2.48 bits per heavy atom. The molecule has 2 aromatic carbocycles. The Balaban J connectivity index is 2.22. The smallest absolute Gasteiger partial charge is 0.259 e. The van der Waals surface area contributed by atoms with E-state index in [2.05, 4.69) is 10.6 Å². The van der Waals surface area contributed by atoms with Crippen LogP contribution < -0.4 is 10.6 Å². The Labute approximate surface area is 120 Å². The number of carbonyl (C=O) groups excluding carboxylic acids is 2. The monoisotopic (exact) mass is 288 g/mol. The standard InChI is InChI=1S/C15H13FN2O3/c1-9(19)17-13-8-10(6-7-12(13)16)18-15(21)11-4-2-3-5-14(11)20/h2-8,20H,1H3,(H,17,19)(H,18,21). The zero-order valence-electron chi connectivity index (χ0n) is 11.2. The summed E-state index contributed by atoms with van der Waals surface area (Å²) in [6, 6.07) is 9.85. The molecule has 0 radical (unpaired) electrons. The topological polar surface area (TPSA) is 78.4 Å². The summed E-state index contributed by atoms with van der Waals surface area (Å²) >= 11 is 0. The van der Waals surface area contributed by atoms with Crippen LogP contribution in [0, 0.1) is 5.82 Å². The van der Waals surface area contributed by atoms with E-state index < -0.39 is 17.6 Å². The van der Waals surface area contributed by atoms with Crippen LogP contribution in [0.5, 0.6) is 5.75 Å². The number of hydrogen-bond acceptors (Lipinski definition) is 3. The van der Waals surface area contributed by atoms with E-state index in [1.165, 1.54) is 31.2 Å². The van der Waals surface area contributed by atoms with Crippen molar-refractivity contribution < 1.29 is 19.1 Å². The highest BCUT2D eigenvalue weighted by molar-refractivity contribution is 6.06. The van der Waals surface area contributed by atoms with Gasteiger partial charge < -0.3 is 15.7 Å². The summed E-state index contributed by atoms with van der Waals surface area (Å²) in [5.41, 5.74) is 0.369. The van der Waals surface area contributed by atoms with Crippen molar-refractivity contribution >= 4 is 23.2 Å². The lowest BCUT2D eigenvalue weighted by molar-refractivity contribution is -0.114. The van der Waals surface area contributed by atoms with Crippen LogP contribution >= 0.6 is 0 Å². The zero-order chi connectivity index (χ0) is 15.4. The Hall–Kier alpha value is -2.89. The molecule has 0 fully saturated rings. The van der Waals surface area contributed by atoms with E-state index in [0.29, 0.717) is 5.69 Å². The number of carbonyl (C=O) groups is 2. The maximum Gasteiger partial charge on any atom is 0.259 e. The molecule has 0 spiro atoms. The number of amides is 2. The first-order chi connectivity index (χ1) is 9.97. The number of nitrogens with one attached hydrogen (secondary N) is 2. The fourth-order valence-electron chi connectivity index (χ4n) is 1.75. The van der Waals surface area contributed by atoms with Crippen molar-refractivity contribution in [3.05, 3.63) is 53.8 Å². The minimum atomic E-state index is -0.606. The van der Waals surface area contributed by atoms with Crippen LogP contribution in [0.25, 0.3) is 0 Å². The number of para-hydroxylation sites is 1. The van der Waals surface area contributed by atoms with Crippen molar-refractivity contribution in [2.24, 2.45) is 0 Å². The van der Waals surface area contributed by atoms with E-state index in [4.69, 9.17) is 0 Å². The van der Waals surface area contributed by atoms with Crippen molar-refractivity contribution in [3.8, 4) is 5.75 Å². The van der Waals surface area contributed by atoms with Crippen LogP contribution in [0.3, 0.4) is 0 Å². The van der Waals surface area contributed by atoms with Gasteiger partial charge in [0.2, 0.25) is 5.91 Å². The molecule has 0 aliphatic rings. The molecule has 0 unspecified atom stereocenters. The average Bonchev–Trinajstić information content (AvgIpc) is 2.42. The third-order valence-electron chi connectivity index (χ3n) is 2.68. The molecule has 0 aromatic heterocycles. The molecule has 0 saturated heterocycles. The van der Waals surface area contributed by atoms with Gasteiger partial charge in [-0.15, -0.1) is 0 Å². The summed E-state index contributed by atoms with van der Waals surface area (Å²) in [7, 11) is 0. The van der Waals surface area contributed by atoms with E-state index in [1.54, 1.807) is 12.1 Å². The van der Waals surface area contributed by atoms with Crippen LogP contribution in [0.2, 0.25) is 0 Å². The highest BCUT2D eigenvalue weighted by Gasteiger charge is 2.12. The van der Waals surface area contributed by atoms with Gasteiger partial charge in [0.1, 0.15) is 11.6 Å². The van der Waals surface area contributed by atoms with Crippen LogP contribution in [-0.4, -0.2) is 16.9 Å². The molecule has 2 rings (SSSR count). The number of rotatable bonds is 3. The number of phenolic OH excluding ortho intramolecular Hbond substituents is 1. The highest BCUT2D eigenvalue weighted by atomic mass is 19.1. The molecule has 108 valence electrons. The van der Waals surface area contributed by atoms with Gasteiger partial charge in [0.15, 0.2) is 0 Å². The minimum Gasteiger partial charge on any atom is -0.507 e. The molecule has 0 atom stereocenters. The number of halogens is 1. The van der Waals surface area contributed by atoms with E-state index in [1.807, 2.05) is 0 Å². The van der Waals surface area contributed by atoms with Crippen molar-refractivity contribution in [1.29, 1.82) is 0 Å². The van der Waals surface area contributed by atoms with Crippen LogP contribution in [-0.2, 0) is 4.79 Å². The van der Waals surface area contributed by atoms with Gasteiger partial charge in [-0.05, 0) is 30.3 Å². The average molecular weight is 288 g/mol. The van der Waals surface area contributed by atoms with E-state index in [-0.39, 0.29) is 17.0 Å². The minimum absolute atomic E-state index is 0.0300. The number of aromatic hydroxyl groups is 1. The van der Waals surface area contributed by atoms with Crippen LogP contribution in [0.1, 0.15) is 17.3 Å². The molecule has 2 aromatic rings. The molecule has 0 aliphatic heterocycles. The molecule has 6 heteroatoms. The lowest BCUT2D eigenvalue weighted by Gasteiger charge is -2.09. The SMILES string of the molecule is CC(=O)Nc1cc(NC(=O)c2ccccc2O)ccc1F. The second-order valence-electron chi connectivity index (χ2n) is 4.35. The first-order valence-corrected chi connectivity index (χ1v) is 6.14. The van der Waals surface area contributed by atoms with Crippen molar-refractivity contribution in [2.45, 2.75) is 6.92 Å². The van der Waals surface area contributed by atoms with Gasteiger partial charge in [0, 0.05) is 12.6 Å². The van der Waals surface area contributed by atoms with Gasteiger partial charge in [-0.2, -0.15) is 0 Å². The Morgan fingerprint density at radius 2 is 1.81 bits per heavy atom. The lowest BCUT2D eigenvalue weighted by atomic mass is 10.2. The summed E-state index contributed by atoms with van der Waals surface area (Å²) in [5.74, 6) is -1.71. The van der Waals surface area contributed by atoms with Crippen LogP contribution in [0.15, 0.2) is 42.5 Å². The highest BCUT2D eigenvalue weighted by Crippen LogP contribution is 2.22. The van der Waals surface area contributed by atoms with Crippen molar-refractivity contribution in [3.63, 3.8) is 0 Å². The van der Waals surface area contributed by atoms with Gasteiger partial charge in [-0.1, -0.05) is 12.1 Å². The summed E-state index contributed by atoms with van der Waals surface area (Å²) in [4.78, 5) is 23.0. The Morgan fingerprint density at radius 1 is 1.10 bits per heavy atom.